The van der Waals surface area contributed by atoms with Crippen LogP contribution in [0.25, 0.3) is 16.6 Å². The van der Waals surface area contributed by atoms with Gasteiger partial charge in [0.15, 0.2) is 5.65 Å². The molecule has 27 heavy (non-hydrogen) atoms. The first-order valence-electron chi connectivity index (χ1n) is 8.99. The number of anilines is 1. The zero-order valence-electron chi connectivity index (χ0n) is 15.7. The number of benzene rings is 1. The number of hydrogen-bond donors (Lipinski definition) is 1. The molecule has 0 bridgehead atoms. The fraction of sp³-hybridized carbons (Fsp3) is 0.238. The first kappa shape index (κ1) is 17.1. The molecule has 0 aliphatic carbocycles. The highest BCUT2D eigenvalue weighted by atomic mass is 16.1. The number of rotatable bonds is 4. The largest absolute Gasteiger partial charge is 0.311 e. The summed E-state index contributed by atoms with van der Waals surface area (Å²) in [7, 11) is 0. The first-order chi connectivity index (χ1) is 13.0. The van der Waals surface area contributed by atoms with Crippen LogP contribution in [-0.4, -0.2) is 25.5 Å². The van der Waals surface area contributed by atoms with Gasteiger partial charge in [-0.1, -0.05) is 18.2 Å². The minimum atomic E-state index is -0.0617. The maximum absolute atomic E-state index is 12.4. The third kappa shape index (κ3) is 3.38. The van der Waals surface area contributed by atoms with Crippen molar-refractivity contribution in [2.24, 2.45) is 0 Å². The highest BCUT2D eigenvalue weighted by Gasteiger charge is 2.13. The zero-order chi connectivity index (χ0) is 19.0. The lowest BCUT2D eigenvalue weighted by atomic mass is 10.1. The summed E-state index contributed by atoms with van der Waals surface area (Å²) in [4.78, 5) is 21.5. The number of amides is 1. The molecule has 0 spiro atoms. The smallest absolute Gasteiger partial charge is 0.225 e. The highest BCUT2D eigenvalue weighted by Crippen LogP contribution is 2.18. The number of hydrogen-bond acceptors (Lipinski definition) is 4. The number of nitrogens with one attached hydrogen (secondary N) is 1. The SMILES string of the molecule is Cc1cc2nc(C)c(CCC(=O)Nc3ccc4ccccc4n3)c(C)n2n1. The Balaban J connectivity index is 1.49. The van der Waals surface area contributed by atoms with Gasteiger partial charge in [0.05, 0.1) is 11.2 Å². The molecule has 1 N–H and O–H groups in total. The molecule has 0 aliphatic rings. The molecule has 0 saturated heterocycles. The van der Waals surface area contributed by atoms with E-state index in [0.717, 1.165) is 39.2 Å². The average molecular weight is 359 g/mol. The summed E-state index contributed by atoms with van der Waals surface area (Å²) in [6.07, 6.45) is 0.975. The second-order valence-corrected chi connectivity index (χ2v) is 6.75. The zero-order valence-corrected chi connectivity index (χ0v) is 15.7. The molecule has 0 saturated carbocycles. The third-order valence-electron chi connectivity index (χ3n) is 4.75. The third-order valence-corrected chi connectivity index (χ3v) is 4.75. The van der Waals surface area contributed by atoms with Crippen molar-refractivity contribution < 1.29 is 4.79 Å². The van der Waals surface area contributed by atoms with E-state index in [-0.39, 0.29) is 5.91 Å². The van der Waals surface area contributed by atoms with Crippen LogP contribution in [0.1, 0.15) is 29.1 Å². The lowest BCUT2D eigenvalue weighted by Gasteiger charge is -2.11. The number of carbonyl (C=O) groups excluding carboxylic acids is 1. The number of aryl methyl sites for hydroxylation is 3. The Morgan fingerprint density at radius 1 is 1.07 bits per heavy atom. The summed E-state index contributed by atoms with van der Waals surface area (Å²) >= 11 is 0. The molecular weight excluding hydrogens is 338 g/mol. The monoisotopic (exact) mass is 359 g/mol. The minimum absolute atomic E-state index is 0.0617. The number of carbonyl (C=O) groups is 1. The Bertz CT molecular complexity index is 1160. The standard InChI is InChI=1S/C21H21N5O/c1-13-12-20-22-14(2)17(15(3)26(20)25-13)9-11-21(27)24-19-10-8-16-6-4-5-7-18(16)23-19/h4-8,10,12H,9,11H2,1-3H3,(H,23,24,27). The first-order valence-corrected chi connectivity index (χ1v) is 8.99. The molecule has 0 aliphatic heterocycles. The fourth-order valence-corrected chi connectivity index (χ4v) is 3.38. The molecule has 0 radical (unpaired) electrons. The van der Waals surface area contributed by atoms with Crippen molar-refractivity contribution in [2.75, 3.05) is 5.32 Å². The molecule has 0 unspecified atom stereocenters. The van der Waals surface area contributed by atoms with E-state index >= 15 is 0 Å². The number of fused-ring (bicyclic) bond motifs is 2. The Morgan fingerprint density at radius 3 is 2.74 bits per heavy atom. The predicted molar refractivity (Wildman–Crippen MR) is 106 cm³/mol. The maximum atomic E-state index is 12.4. The van der Waals surface area contributed by atoms with Crippen LogP contribution in [0, 0.1) is 20.8 Å². The van der Waals surface area contributed by atoms with Gasteiger partial charge < -0.3 is 5.32 Å². The van der Waals surface area contributed by atoms with Gasteiger partial charge in [0, 0.05) is 29.3 Å². The maximum Gasteiger partial charge on any atom is 0.225 e. The van der Waals surface area contributed by atoms with E-state index in [1.807, 2.05) is 67.8 Å². The molecule has 6 heteroatoms. The second kappa shape index (κ2) is 6.79. The quantitative estimate of drug-likeness (QED) is 0.602. The highest BCUT2D eigenvalue weighted by molar-refractivity contribution is 5.91. The summed E-state index contributed by atoms with van der Waals surface area (Å²) in [6, 6.07) is 13.6. The van der Waals surface area contributed by atoms with Gasteiger partial charge in [-0.3, -0.25) is 4.79 Å². The van der Waals surface area contributed by atoms with Crippen LogP contribution in [-0.2, 0) is 11.2 Å². The van der Waals surface area contributed by atoms with E-state index in [1.165, 1.54) is 0 Å². The van der Waals surface area contributed by atoms with Crippen LogP contribution in [0.4, 0.5) is 5.82 Å². The molecule has 4 aromatic rings. The second-order valence-electron chi connectivity index (χ2n) is 6.75. The van der Waals surface area contributed by atoms with Crippen molar-refractivity contribution in [2.45, 2.75) is 33.6 Å². The van der Waals surface area contributed by atoms with Crippen LogP contribution >= 0.6 is 0 Å². The van der Waals surface area contributed by atoms with Gasteiger partial charge in [-0.15, -0.1) is 0 Å². The van der Waals surface area contributed by atoms with Gasteiger partial charge in [0.25, 0.3) is 0 Å². The predicted octanol–water partition coefficient (Wildman–Crippen LogP) is 3.77. The van der Waals surface area contributed by atoms with E-state index in [2.05, 4.69) is 20.4 Å². The number of pyridine rings is 1. The Morgan fingerprint density at radius 2 is 1.89 bits per heavy atom. The van der Waals surface area contributed by atoms with Crippen molar-refractivity contribution in [3.8, 4) is 0 Å². The molecule has 0 atom stereocenters. The van der Waals surface area contributed by atoms with Crippen LogP contribution < -0.4 is 5.32 Å². The molecule has 1 amide bonds. The van der Waals surface area contributed by atoms with E-state index in [0.29, 0.717) is 18.7 Å². The number of aromatic nitrogens is 4. The fourth-order valence-electron chi connectivity index (χ4n) is 3.38. The summed E-state index contributed by atoms with van der Waals surface area (Å²) in [6.45, 7) is 5.95. The minimum Gasteiger partial charge on any atom is -0.311 e. The Labute approximate surface area is 157 Å². The van der Waals surface area contributed by atoms with Gasteiger partial charge in [0.1, 0.15) is 5.82 Å². The van der Waals surface area contributed by atoms with Crippen LogP contribution in [0.15, 0.2) is 42.5 Å². The molecule has 0 fully saturated rings. The number of nitrogens with zero attached hydrogens (tertiary/aromatic N) is 4. The molecule has 6 nitrogen and oxygen atoms in total. The van der Waals surface area contributed by atoms with E-state index < -0.39 is 0 Å². The molecule has 3 heterocycles. The van der Waals surface area contributed by atoms with Crippen molar-refractivity contribution in [1.29, 1.82) is 0 Å². The van der Waals surface area contributed by atoms with Crippen LogP contribution in [0.3, 0.4) is 0 Å². The van der Waals surface area contributed by atoms with E-state index in [4.69, 9.17) is 0 Å². The average Bonchev–Trinajstić information content (AvgIpc) is 3.02. The lowest BCUT2D eigenvalue weighted by Crippen LogP contribution is -2.15. The summed E-state index contributed by atoms with van der Waals surface area (Å²) < 4.78 is 1.85. The van der Waals surface area contributed by atoms with Crippen molar-refractivity contribution in [3.63, 3.8) is 0 Å². The Hall–Kier alpha value is -3.28. The van der Waals surface area contributed by atoms with Gasteiger partial charge >= 0.3 is 0 Å². The normalized spacial score (nSPS) is 11.2. The van der Waals surface area contributed by atoms with E-state index in [1.54, 1.807) is 0 Å². The topological polar surface area (TPSA) is 72.2 Å². The van der Waals surface area contributed by atoms with Crippen molar-refractivity contribution in [1.82, 2.24) is 19.6 Å². The van der Waals surface area contributed by atoms with Crippen molar-refractivity contribution >= 4 is 28.3 Å². The summed E-state index contributed by atoms with van der Waals surface area (Å²) in [5.74, 6) is 0.511. The molecular formula is C21H21N5O. The molecule has 136 valence electrons. The van der Waals surface area contributed by atoms with Crippen LogP contribution in [0.2, 0.25) is 0 Å². The van der Waals surface area contributed by atoms with Gasteiger partial charge in [-0.25, -0.2) is 14.5 Å². The number of para-hydroxylation sites is 1. The molecule has 4 rings (SSSR count). The van der Waals surface area contributed by atoms with E-state index in [9.17, 15) is 4.79 Å². The lowest BCUT2D eigenvalue weighted by molar-refractivity contribution is -0.116. The van der Waals surface area contributed by atoms with Crippen molar-refractivity contribution in [3.05, 3.63) is 65.1 Å². The summed E-state index contributed by atoms with van der Waals surface area (Å²) in [5, 5.41) is 8.43. The van der Waals surface area contributed by atoms with Gasteiger partial charge in [-0.05, 0) is 51.0 Å². The Kier molecular flexibility index (Phi) is 4.32. The van der Waals surface area contributed by atoms with Gasteiger partial charge in [0.2, 0.25) is 5.91 Å². The molecule has 1 aromatic carbocycles. The van der Waals surface area contributed by atoms with Crippen LogP contribution in [0.5, 0.6) is 0 Å². The summed E-state index contributed by atoms with van der Waals surface area (Å²) in [5.41, 5.74) is 5.68. The van der Waals surface area contributed by atoms with Gasteiger partial charge in [-0.2, -0.15) is 5.10 Å². The molecule has 3 aromatic heterocycles.